The summed E-state index contributed by atoms with van der Waals surface area (Å²) in [5.41, 5.74) is -7.12. The molecule has 1 rings (SSSR count). The van der Waals surface area contributed by atoms with Gasteiger partial charge in [0.25, 0.3) is 0 Å². The van der Waals surface area contributed by atoms with Gasteiger partial charge in [-0.2, -0.15) is 0 Å². The summed E-state index contributed by atoms with van der Waals surface area (Å²) in [7, 11) is -5.30. The Morgan fingerprint density at radius 2 is 1.88 bits per heavy atom. The van der Waals surface area contributed by atoms with Crippen molar-refractivity contribution in [3.05, 3.63) is 0 Å². The van der Waals surface area contributed by atoms with Crippen LogP contribution in [0.1, 0.15) is 11.0 Å². The maximum absolute atomic E-state index is 11.5. The molecule has 1 aliphatic rings. The maximum Gasteiger partial charge on any atom is 0.152 e. The average molecular weight is 143 g/mol. The standard InChI is InChI=1S/C4H9NO2S/c6-8(7)3-1-5-2-4-8/h5H,1-4H2/i1D2,2D2,3D2,4D2. The predicted molar refractivity (Wildman–Crippen MR) is 31.5 cm³/mol. The van der Waals surface area contributed by atoms with Crippen molar-refractivity contribution >= 4 is 9.84 Å². The van der Waals surface area contributed by atoms with Gasteiger partial charge in [-0.25, -0.2) is 8.42 Å². The van der Waals surface area contributed by atoms with Crippen LogP contribution >= 0.6 is 0 Å². The van der Waals surface area contributed by atoms with Crippen molar-refractivity contribution in [1.29, 1.82) is 0 Å². The number of sulfone groups is 1. The van der Waals surface area contributed by atoms with Gasteiger partial charge in [-0.05, 0) is 0 Å². The molecular formula is C4H9NO2S. The van der Waals surface area contributed by atoms with Crippen molar-refractivity contribution in [1.82, 2.24) is 5.32 Å². The molecule has 48 valence electrons. The number of nitrogens with one attached hydrogen (secondary N) is 1. The molecule has 8 heavy (non-hydrogen) atoms. The zero-order valence-corrected chi connectivity index (χ0v) is 4.54. The summed E-state index contributed by atoms with van der Waals surface area (Å²) < 4.78 is 79.9. The third-order valence-corrected chi connectivity index (χ3v) is 1.24. The minimum atomic E-state index is -5.30. The van der Waals surface area contributed by atoms with Gasteiger partial charge in [0.1, 0.15) is 0 Å². The molecule has 0 aromatic carbocycles. The monoisotopic (exact) mass is 143 g/mol. The van der Waals surface area contributed by atoms with Crippen molar-refractivity contribution in [3.8, 4) is 0 Å². The molecule has 3 nitrogen and oxygen atoms in total. The van der Waals surface area contributed by atoms with Gasteiger partial charge in [0, 0.05) is 24.0 Å². The summed E-state index contributed by atoms with van der Waals surface area (Å²) in [5, 5.41) is 1.41. The summed E-state index contributed by atoms with van der Waals surface area (Å²) in [5.74, 6) is 0. The molecule has 0 aromatic rings. The predicted octanol–water partition coefficient (Wildman–Crippen LogP) is -0.996. The summed E-state index contributed by atoms with van der Waals surface area (Å²) in [6.45, 7) is -6.44. The van der Waals surface area contributed by atoms with Crippen molar-refractivity contribution in [2.75, 3.05) is 24.4 Å². The van der Waals surface area contributed by atoms with Crippen LogP contribution in [0.15, 0.2) is 0 Å². The molecule has 1 fully saturated rings. The minimum Gasteiger partial charge on any atom is -0.315 e. The van der Waals surface area contributed by atoms with Crippen LogP contribution < -0.4 is 5.32 Å². The summed E-state index contributed by atoms with van der Waals surface area (Å²) in [6.07, 6.45) is 0. The first-order valence-corrected chi connectivity index (χ1v) is 3.22. The molecule has 0 unspecified atom stereocenters. The van der Waals surface area contributed by atoms with E-state index in [2.05, 4.69) is 0 Å². The lowest BCUT2D eigenvalue weighted by Gasteiger charge is -2.10. The molecule has 0 amide bonds. The van der Waals surface area contributed by atoms with E-state index in [0.29, 0.717) is 0 Å². The Bertz CT molecular complexity index is 382. The van der Waals surface area contributed by atoms with E-state index < -0.39 is 34.2 Å². The number of hydrogen-bond donors (Lipinski definition) is 1. The quantitative estimate of drug-likeness (QED) is 0.473. The topological polar surface area (TPSA) is 46.2 Å². The molecule has 0 aromatic heterocycles. The maximum atomic E-state index is 11.5. The zero-order valence-electron chi connectivity index (χ0n) is 11.7. The van der Waals surface area contributed by atoms with Crippen LogP contribution in [-0.4, -0.2) is 32.8 Å². The molecule has 1 heterocycles. The van der Waals surface area contributed by atoms with E-state index in [4.69, 9.17) is 11.0 Å². The lowest BCUT2D eigenvalue weighted by molar-refractivity contribution is 0.577. The van der Waals surface area contributed by atoms with E-state index in [9.17, 15) is 8.42 Å². The molecule has 0 aliphatic carbocycles. The smallest absolute Gasteiger partial charge is 0.152 e. The van der Waals surface area contributed by atoms with E-state index in [1.54, 1.807) is 0 Å². The third kappa shape index (κ3) is 1.45. The second-order valence-electron chi connectivity index (χ2n) is 1.08. The van der Waals surface area contributed by atoms with Gasteiger partial charge in [0.15, 0.2) is 9.84 Å². The summed E-state index contributed by atoms with van der Waals surface area (Å²) in [6, 6.07) is 0. The fraction of sp³-hybridized carbons (Fsp3) is 1.00. The lowest BCUT2D eigenvalue weighted by atomic mass is 10.6. The fourth-order valence-corrected chi connectivity index (χ4v) is 0.664. The largest absolute Gasteiger partial charge is 0.315 e. The SMILES string of the molecule is [2H]C1([2H])NC([2H])([2H])C([2H])([2H])S(=O)(=O)C1([2H])[2H]. The Morgan fingerprint density at radius 3 is 2.38 bits per heavy atom. The zero-order chi connectivity index (χ0) is 13.2. The van der Waals surface area contributed by atoms with Crippen LogP contribution in [0.4, 0.5) is 0 Å². The van der Waals surface area contributed by atoms with Gasteiger partial charge >= 0.3 is 0 Å². The van der Waals surface area contributed by atoms with Crippen LogP contribution in [-0.2, 0) is 9.84 Å². The first-order valence-electron chi connectivity index (χ1n) is 5.74. The van der Waals surface area contributed by atoms with Crippen LogP contribution in [0.25, 0.3) is 0 Å². The van der Waals surface area contributed by atoms with Gasteiger partial charge in [0.05, 0.1) is 11.4 Å². The second kappa shape index (κ2) is 2.03. The molecule has 4 heteroatoms. The molecular weight excluding hydrogens is 126 g/mol. The van der Waals surface area contributed by atoms with Gasteiger partial charge < -0.3 is 5.32 Å². The number of hydrogen-bond acceptors (Lipinski definition) is 3. The van der Waals surface area contributed by atoms with E-state index in [0.717, 1.165) is 0 Å². The number of rotatable bonds is 0. The highest BCUT2D eigenvalue weighted by Gasteiger charge is 2.13. The van der Waals surface area contributed by atoms with Crippen LogP contribution in [0.3, 0.4) is 0 Å². The molecule has 1 N–H and O–H groups in total. The molecule has 0 spiro atoms. The van der Waals surface area contributed by atoms with Crippen molar-refractivity contribution in [3.63, 3.8) is 0 Å². The van der Waals surface area contributed by atoms with Crippen LogP contribution in [0.5, 0.6) is 0 Å². The molecule has 0 bridgehead atoms. The third-order valence-electron chi connectivity index (χ3n) is 0.496. The lowest BCUT2D eigenvalue weighted by Crippen LogP contribution is -2.35. The molecule has 1 saturated heterocycles. The fourth-order valence-electron chi connectivity index (χ4n) is 0.242. The average Bonchev–Trinajstić information content (AvgIpc) is 1.98. The molecule has 0 atom stereocenters. The molecule has 1 aliphatic heterocycles. The van der Waals surface area contributed by atoms with Crippen molar-refractivity contribution in [2.24, 2.45) is 0 Å². The van der Waals surface area contributed by atoms with Gasteiger partial charge in [-0.3, -0.25) is 0 Å². The Labute approximate surface area is 60.2 Å². The van der Waals surface area contributed by atoms with E-state index in [1.807, 2.05) is 0 Å². The first-order chi connectivity index (χ1) is 6.71. The minimum absolute atomic E-state index is 1.41. The van der Waals surface area contributed by atoms with Crippen molar-refractivity contribution < 1.29 is 19.4 Å². The Hall–Kier alpha value is -0.0900. The highest BCUT2D eigenvalue weighted by Crippen LogP contribution is 1.91. The van der Waals surface area contributed by atoms with Crippen LogP contribution in [0, 0.1) is 0 Å². The molecule has 0 saturated carbocycles. The van der Waals surface area contributed by atoms with E-state index in [-0.39, 0.29) is 0 Å². The van der Waals surface area contributed by atoms with Gasteiger partial charge in [-0.1, -0.05) is 0 Å². The van der Waals surface area contributed by atoms with Gasteiger partial charge in [-0.15, -0.1) is 0 Å². The van der Waals surface area contributed by atoms with Crippen molar-refractivity contribution in [2.45, 2.75) is 0 Å². The van der Waals surface area contributed by atoms with Gasteiger partial charge in [0.2, 0.25) is 0 Å². The second-order valence-corrected chi connectivity index (χ2v) is 2.50. The Balaban J connectivity index is 3.57. The van der Waals surface area contributed by atoms with E-state index in [1.165, 1.54) is 5.32 Å². The Kier molecular flexibility index (Phi) is 0.378. The Morgan fingerprint density at radius 1 is 1.38 bits per heavy atom. The van der Waals surface area contributed by atoms with Crippen LogP contribution in [0.2, 0.25) is 0 Å². The highest BCUT2D eigenvalue weighted by atomic mass is 32.2. The highest BCUT2D eigenvalue weighted by molar-refractivity contribution is 7.91. The summed E-state index contributed by atoms with van der Waals surface area (Å²) >= 11 is 0. The molecule has 0 radical (unpaired) electrons. The summed E-state index contributed by atoms with van der Waals surface area (Å²) in [4.78, 5) is 0. The van der Waals surface area contributed by atoms with E-state index >= 15 is 0 Å². The normalized spacial score (nSPS) is 67.5. The first kappa shape index (κ1) is 1.49.